The third-order valence-corrected chi connectivity index (χ3v) is 4.33. The summed E-state index contributed by atoms with van der Waals surface area (Å²) < 4.78 is 16.0. The summed E-state index contributed by atoms with van der Waals surface area (Å²) in [5.74, 6) is 1.89. The molecule has 0 saturated carbocycles. The molecule has 0 aliphatic carbocycles. The van der Waals surface area contributed by atoms with Crippen LogP contribution in [0.25, 0.3) is 0 Å². The number of anilines is 1. The van der Waals surface area contributed by atoms with Crippen LogP contribution < -0.4 is 24.4 Å². The molecule has 7 nitrogen and oxygen atoms in total. The highest BCUT2D eigenvalue weighted by molar-refractivity contribution is 5.92. The van der Waals surface area contributed by atoms with E-state index in [-0.39, 0.29) is 25.0 Å². The first kappa shape index (κ1) is 19.5. The zero-order chi connectivity index (χ0) is 19.9. The lowest BCUT2D eigenvalue weighted by atomic mass is 10.2. The Kier molecular flexibility index (Phi) is 6.37. The largest absolute Gasteiger partial charge is 0.494 e. The second-order valence-electron chi connectivity index (χ2n) is 6.31. The molecule has 2 aromatic carbocycles. The van der Waals surface area contributed by atoms with Gasteiger partial charge < -0.3 is 24.4 Å². The Bertz CT molecular complexity index is 835. The SMILES string of the molecule is CCOc1ccc(N(CCC(=O)NCc2ccc3c(c2)OCO3)C(C)=O)cc1. The highest BCUT2D eigenvalue weighted by atomic mass is 16.7. The van der Waals surface area contributed by atoms with Crippen molar-refractivity contribution in [2.24, 2.45) is 0 Å². The second kappa shape index (κ2) is 9.12. The molecule has 1 heterocycles. The summed E-state index contributed by atoms with van der Waals surface area (Å²) >= 11 is 0. The van der Waals surface area contributed by atoms with Gasteiger partial charge in [-0.05, 0) is 48.9 Å². The molecule has 2 amide bonds. The molecule has 3 rings (SSSR count). The molecule has 1 N–H and O–H groups in total. The zero-order valence-corrected chi connectivity index (χ0v) is 16.1. The molecular weight excluding hydrogens is 360 g/mol. The molecule has 1 aliphatic heterocycles. The lowest BCUT2D eigenvalue weighted by Crippen LogP contribution is -2.33. The molecule has 7 heteroatoms. The molecule has 0 bridgehead atoms. The maximum Gasteiger partial charge on any atom is 0.231 e. The minimum Gasteiger partial charge on any atom is -0.494 e. The minimum atomic E-state index is -0.130. The van der Waals surface area contributed by atoms with Gasteiger partial charge in [-0.3, -0.25) is 9.59 Å². The molecule has 0 fully saturated rings. The molecule has 0 spiro atoms. The van der Waals surface area contributed by atoms with Gasteiger partial charge in [-0.25, -0.2) is 0 Å². The lowest BCUT2D eigenvalue weighted by Gasteiger charge is -2.21. The molecule has 0 saturated heterocycles. The summed E-state index contributed by atoms with van der Waals surface area (Å²) in [5.41, 5.74) is 1.66. The average molecular weight is 384 g/mol. The maximum absolute atomic E-state index is 12.2. The Morgan fingerprint density at radius 1 is 1.11 bits per heavy atom. The Morgan fingerprint density at radius 3 is 2.57 bits per heavy atom. The summed E-state index contributed by atoms with van der Waals surface area (Å²) in [6, 6.07) is 12.8. The number of ether oxygens (including phenoxy) is 3. The normalized spacial score (nSPS) is 11.8. The molecule has 1 aliphatic rings. The van der Waals surface area contributed by atoms with Gasteiger partial charge >= 0.3 is 0 Å². The van der Waals surface area contributed by atoms with Crippen molar-refractivity contribution < 1.29 is 23.8 Å². The van der Waals surface area contributed by atoms with Crippen molar-refractivity contribution in [3.63, 3.8) is 0 Å². The van der Waals surface area contributed by atoms with E-state index in [9.17, 15) is 9.59 Å². The van der Waals surface area contributed by atoms with Gasteiger partial charge in [0, 0.05) is 32.1 Å². The number of carbonyl (C=O) groups excluding carboxylic acids is 2. The van der Waals surface area contributed by atoms with E-state index in [1.54, 1.807) is 4.90 Å². The van der Waals surface area contributed by atoms with Crippen LogP contribution >= 0.6 is 0 Å². The Balaban J connectivity index is 1.51. The number of amides is 2. The fourth-order valence-corrected chi connectivity index (χ4v) is 2.91. The van der Waals surface area contributed by atoms with Gasteiger partial charge in [0.25, 0.3) is 0 Å². The van der Waals surface area contributed by atoms with Crippen molar-refractivity contribution in [2.45, 2.75) is 26.8 Å². The van der Waals surface area contributed by atoms with Gasteiger partial charge in [-0.15, -0.1) is 0 Å². The summed E-state index contributed by atoms with van der Waals surface area (Å²) in [6.45, 7) is 4.89. The summed E-state index contributed by atoms with van der Waals surface area (Å²) in [7, 11) is 0. The lowest BCUT2D eigenvalue weighted by molar-refractivity contribution is -0.121. The van der Waals surface area contributed by atoms with Crippen molar-refractivity contribution in [2.75, 3.05) is 24.8 Å². The molecule has 0 unspecified atom stereocenters. The van der Waals surface area contributed by atoms with E-state index in [0.29, 0.717) is 31.2 Å². The average Bonchev–Trinajstić information content (AvgIpc) is 3.15. The molecule has 0 radical (unpaired) electrons. The van der Waals surface area contributed by atoms with Crippen LogP contribution in [0.5, 0.6) is 17.2 Å². The van der Waals surface area contributed by atoms with Crippen LogP contribution in [-0.2, 0) is 16.1 Å². The van der Waals surface area contributed by atoms with Crippen molar-refractivity contribution in [1.29, 1.82) is 0 Å². The second-order valence-corrected chi connectivity index (χ2v) is 6.31. The number of carbonyl (C=O) groups is 2. The van der Waals surface area contributed by atoms with Gasteiger partial charge in [0.05, 0.1) is 6.61 Å². The van der Waals surface area contributed by atoms with Crippen LogP contribution in [0.1, 0.15) is 25.8 Å². The summed E-state index contributed by atoms with van der Waals surface area (Å²) in [5, 5.41) is 2.87. The topological polar surface area (TPSA) is 77.1 Å². The standard InChI is InChI=1S/C21H24N2O5/c1-3-26-18-7-5-17(6-8-18)23(15(2)24)11-10-21(25)22-13-16-4-9-19-20(12-16)28-14-27-19/h4-9,12H,3,10-11,13-14H2,1-2H3,(H,22,25). The van der Waals surface area contributed by atoms with Gasteiger partial charge in [0.1, 0.15) is 5.75 Å². The summed E-state index contributed by atoms with van der Waals surface area (Å²) in [6.07, 6.45) is 0.206. The van der Waals surface area contributed by atoms with Crippen LogP contribution in [0.3, 0.4) is 0 Å². The molecule has 28 heavy (non-hydrogen) atoms. The van der Waals surface area contributed by atoms with Crippen LogP contribution in [0.15, 0.2) is 42.5 Å². The van der Waals surface area contributed by atoms with Crippen molar-refractivity contribution in [1.82, 2.24) is 5.32 Å². The van der Waals surface area contributed by atoms with E-state index in [1.165, 1.54) is 6.92 Å². The highest BCUT2D eigenvalue weighted by Gasteiger charge is 2.15. The van der Waals surface area contributed by atoms with Crippen LogP contribution in [0, 0.1) is 0 Å². The van der Waals surface area contributed by atoms with E-state index in [0.717, 1.165) is 17.0 Å². The van der Waals surface area contributed by atoms with Gasteiger partial charge in [0.15, 0.2) is 11.5 Å². The van der Waals surface area contributed by atoms with Gasteiger partial charge in [0.2, 0.25) is 18.6 Å². The number of hydrogen-bond acceptors (Lipinski definition) is 5. The van der Waals surface area contributed by atoms with E-state index in [1.807, 2.05) is 49.4 Å². The molecule has 0 atom stereocenters. The predicted molar refractivity (Wildman–Crippen MR) is 105 cm³/mol. The Morgan fingerprint density at radius 2 is 1.86 bits per heavy atom. The van der Waals surface area contributed by atoms with E-state index in [4.69, 9.17) is 14.2 Å². The van der Waals surface area contributed by atoms with Crippen LogP contribution in [0.4, 0.5) is 5.69 Å². The van der Waals surface area contributed by atoms with Gasteiger partial charge in [-0.2, -0.15) is 0 Å². The van der Waals surface area contributed by atoms with Crippen molar-refractivity contribution >= 4 is 17.5 Å². The van der Waals surface area contributed by atoms with E-state index < -0.39 is 0 Å². The molecule has 0 aromatic heterocycles. The Labute approximate surface area is 164 Å². The van der Waals surface area contributed by atoms with E-state index in [2.05, 4.69) is 5.32 Å². The third-order valence-electron chi connectivity index (χ3n) is 4.33. The first-order valence-electron chi connectivity index (χ1n) is 9.23. The zero-order valence-electron chi connectivity index (χ0n) is 16.1. The van der Waals surface area contributed by atoms with Crippen LogP contribution in [0.2, 0.25) is 0 Å². The number of hydrogen-bond donors (Lipinski definition) is 1. The fourth-order valence-electron chi connectivity index (χ4n) is 2.91. The smallest absolute Gasteiger partial charge is 0.231 e. The number of benzene rings is 2. The number of nitrogens with zero attached hydrogens (tertiary/aromatic N) is 1. The first-order valence-corrected chi connectivity index (χ1v) is 9.23. The first-order chi connectivity index (χ1) is 13.6. The quantitative estimate of drug-likeness (QED) is 0.757. The van der Waals surface area contributed by atoms with Crippen molar-refractivity contribution in [3.05, 3.63) is 48.0 Å². The number of fused-ring (bicyclic) bond motifs is 1. The van der Waals surface area contributed by atoms with Crippen LogP contribution in [-0.4, -0.2) is 31.8 Å². The maximum atomic E-state index is 12.2. The fraction of sp³-hybridized carbons (Fsp3) is 0.333. The minimum absolute atomic E-state index is 0.118. The highest BCUT2D eigenvalue weighted by Crippen LogP contribution is 2.32. The Hall–Kier alpha value is -3.22. The molecular formula is C21H24N2O5. The molecule has 2 aromatic rings. The van der Waals surface area contributed by atoms with E-state index >= 15 is 0 Å². The predicted octanol–water partition coefficient (Wildman–Crippen LogP) is 2.87. The monoisotopic (exact) mass is 384 g/mol. The van der Waals surface area contributed by atoms with Gasteiger partial charge in [-0.1, -0.05) is 6.07 Å². The number of nitrogens with one attached hydrogen (secondary N) is 1. The number of rotatable bonds is 8. The third kappa shape index (κ3) is 4.94. The van der Waals surface area contributed by atoms with Crippen molar-refractivity contribution in [3.8, 4) is 17.2 Å². The molecule has 148 valence electrons. The summed E-state index contributed by atoms with van der Waals surface area (Å²) in [4.78, 5) is 25.8.